The van der Waals surface area contributed by atoms with Crippen molar-refractivity contribution in [2.24, 2.45) is 0 Å². The summed E-state index contributed by atoms with van der Waals surface area (Å²) in [5, 5.41) is 2.57. The van der Waals surface area contributed by atoms with Crippen LogP contribution in [0.5, 0.6) is 0 Å². The number of nitrogens with zero attached hydrogens (tertiary/aromatic N) is 1. The van der Waals surface area contributed by atoms with Crippen molar-refractivity contribution < 1.29 is 18.0 Å². The summed E-state index contributed by atoms with van der Waals surface area (Å²) in [6.07, 6.45) is 0. The molecule has 0 aliphatic rings. The first-order chi connectivity index (χ1) is 13.7. The van der Waals surface area contributed by atoms with Crippen LogP contribution in [0.3, 0.4) is 0 Å². The summed E-state index contributed by atoms with van der Waals surface area (Å²) in [5.74, 6) is -1.56. The maximum atomic E-state index is 12.4. The second kappa shape index (κ2) is 8.91. The second-order valence-electron chi connectivity index (χ2n) is 5.75. The lowest BCUT2D eigenvalue weighted by Crippen LogP contribution is -2.41. The number of aromatic nitrogens is 1. The second-order valence-corrected chi connectivity index (χ2v) is 9.56. The van der Waals surface area contributed by atoms with Gasteiger partial charge in [-0.2, -0.15) is 0 Å². The number of nitrogens with one attached hydrogen (secondary N) is 2. The van der Waals surface area contributed by atoms with Crippen LogP contribution in [0.25, 0.3) is 0 Å². The van der Waals surface area contributed by atoms with E-state index in [-0.39, 0.29) is 21.3 Å². The van der Waals surface area contributed by atoms with Crippen molar-refractivity contribution in [3.63, 3.8) is 0 Å². The standard InChI is InChI=1S/C18H13Cl2N3O4S2/c19-12-3-1-11(2-4-12)17(24)22-23-18(25)15-9-28-16(21-15)10-29(26,27)14-7-5-13(20)6-8-14/h1-9H,10H2,(H,22,24)(H,23,25). The molecule has 0 unspecified atom stereocenters. The van der Waals surface area contributed by atoms with E-state index in [0.717, 1.165) is 11.3 Å². The van der Waals surface area contributed by atoms with E-state index in [1.54, 1.807) is 12.1 Å². The molecule has 0 aliphatic heterocycles. The number of halogens is 2. The molecule has 2 aromatic carbocycles. The summed E-state index contributed by atoms with van der Waals surface area (Å²) in [6.45, 7) is 0. The molecule has 0 radical (unpaired) electrons. The van der Waals surface area contributed by atoms with Crippen molar-refractivity contribution in [3.8, 4) is 0 Å². The fourth-order valence-electron chi connectivity index (χ4n) is 2.22. The number of hydrogen-bond donors (Lipinski definition) is 2. The van der Waals surface area contributed by atoms with Gasteiger partial charge in [0.1, 0.15) is 16.5 Å². The molecule has 3 aromatic rings. The van der Waals surface area contributed by atoms with E-state index in [4.69, 9.17) is 23.2 Å². The lowest BCUT2D eigenvalue weighted by molar-refractivity contribution is 0.0844. The van der Waals surface area contributed by atoms with Gasteiger partial charge in [0, 0.05) is 21.0 Å². The minimum absolute atomic E-state index is 0.00675. The van der Waals surface area contributed by atoms with Gasteiger partial charge >= 0.3 is 0 Å². The maximum absolute atomic E-state index is 12.4. The first kappa shape index (κ1) is 21.3. The molecule has 3 rings (SSSR count). The predicted molar refractivity (Wildman–Crippen MR) is 111 cm³/mol. The van der Waals surface area contributed by atoms with Gasteiger partial charge in [-0.05, 0) is 48.5 Å². The van der Waals surface area contributed by atoms with Crippen LogP contribution in [0.15, 0.2) is 58.8 Å². The lowest BCUT2D eigenvalue weighted by atomic mass is 10.2. The Morgan fingerprint density at radius 3 is 2.07 bits per heavy atom. The fourth-order valence-corrected chi connectivity index (χ4v) is 4.88. The topological polar surface area (TPSA) is 105 Å². The average molecular weight is 470 g/mol. The summed E-state index contributed by atoms with van der Waals surface area (Å²) in [4.78, 5) is 28.3. The molecular weight excluding hydrogens is 457 g/mol. The zero-order valence-electron chi connectivity index (χ0n) is 14.6. The zero-order chi connectivity index (χ0) is 21.0. The largest absolute Gasteiger partial charge is 0.289 e. The number of hydrogen-bond acceptors (Lipinski definition) is 6. The van der Waals surface area contributed by atoms with Crippen LogP contribution < -0.4 is 10.9 Å². The number of carbonyl (C=O) groups excluding carboxylic acids is 2. The molecule has 0 saturated carbocycles. The normalized spacial score (nSPS) is 11.1. The molecule has 0 atom stereocenters. The SMILES string of the molecule is O=C(NNC(=O)c1csc(CS(=O)(=O)c2ccc(Cl)cc2)n1)c1ccc(Cl)cc1. The van der Waals surface area contributed by atoms with E-state index in [9.17, 15) is 18.0 Å². The van der Waals surface area contributed by atoms with E-state index < -0.39 is 21.7 Å². The number of carbonyl (C=O) groups is 2. The van der Waals surface area contributed by atoms with Gasteiger partial charge in [-0.3, -0.25) is 20.4 Å². The van der Waals surface area contributed by atoms with Crippen molar-refractivity contribution in [1.29, 1.82) is 0 Å². The smallest absolute Gasteiger partial charge is 0.267 e. The van der Waals surface area contributed by atoms with Crippen molar-refractivity contribution in [2.75, 3.05) is 0 Å². The van der Waals surface area contributed by atoms with E-state index in [2.05, 4.69) is 15.8 Å². The van der Waals surface area contributed by atoms with E-state index in [1.165, 1.54) is 41.8 Å². The van der Waals surface area contributed by atoms with Crippen LogP contribution in [-0.2, 0) is 15.6 Å². The zero-order valence-corrected chi connectivity index (χ0v) is 17.7. The fraction of sp³-hybridized carbons (Fsp3) is 0.0556. The third kappa shape index (κ3) is 5.54. The van der Waals surface area contributed by atoms with Gasteiger partial charge in [-0.1, -0.05) is 23.2 Å². The summed E-state index contributed by atoms with van der Waals surface area (Å²) in [6, 6.07) is 11.9. The highest BCUT2D eigenvalue weighted by molar-refractivity contribution is 7.90. The molecule has 2 amide bonds. The minimum Gasteiger partial charge on any atom is -0.267 e. The highest BCUT2D eigenvalue weighted by Gasteiger charge is 2.19. The number of hydrazine groups is 1. The van der Waals surface area contributed by atoms with Gasteiger partial charge in [0.05, 0.1) is 4.90 Å². The molecule has 0 bridgehead atoms. The van der Waals surface area contributed by atoms with Crippen molar-refractivity contribution in [2.45, 2.75) is 10.6 Å². The third-order valence-corrected chi connectivity index (χ3v) is 6.85. The average Bonchev–Trinajstić information content (AvgIpc) is 3.14. The van der Waals surface area contributed by atoms with E-state index >= 15 is 0 Å². The van der Waals surface area contributed by atoms with Crippen LogP contribution in [-0.4, -0.2) is 25.2 Å². The van der Waals surface area contributed by atoms with Gasteiger partial charge in [0.25, 0.3) is 11.8 Å². The Balaban J connectivity index is 1.61. The number of amides is 2. The Morgan fingerprint density at radius 1 is 0.897 bits per heavy atom. The Morgan fingerprint density at radius 2 is 1.45 bits per heavy atom. The Kier molecular flexibility index (Phi) is 6.53. The van der Waals surface area contributed by atoms with Crippen LogP contribution in [0, 0.1) is 0 Å². The Hall–Kier alpha value is -2.46. The van der Waals surface area contributed by atoms with Gasteiger partial charge in [-0.15, -0.1) is 11.3 Å². The van der Waals surface area contributed by atoms with Gasteiger partial charge < -0.3 is 0 Å². The number of benzene rings is 2. The van der Waals surface area contributed by atoms with Gasteiger partial charge in [0.15, 0.2) is 9.84 Å². The van der Waals surface area contributed by atoms with Crippen molar-refractivity contribution >= 4 is 56.2 Å². The molecular formula is C18H13Cl2N3O4S2. The number of sulfone groups is 1. The monoisotopic (exact) mass is 469 g/mol. The molecule has 7 nitrogen and oxygen atoms in total. The molecule has 0 fully saturated rings. The molecule has 11 heteroatoms. The predicted octanol–water partition coefficient (Wildman–Crippen LogP) is 3.50. The Labute approximate surface area is 180 Å². The summed E-state index contributed by atoms with van der Waals surface area (Å²) in [5.41, 5.74) is 4.79. The van der Waals surface area contributed by atoms with Crippen LogP contribution in [0.2, 0.25) is 10.0 Å². The number of rotatable bonds is 5. The lowest BCUT2D eigenvalue weighted by Gasteiger charge is -2.06. The van der Waals surface area contributed by atoms with E-state index in [1.807, 2.05) is 0 Å². The molecule has 0 aliphatic carbocycles. The maximum Gasteiger partial charge on any atom is 0.289 e. The molecule has 2 N–H and O–H groups in total. The quantitative estimate of drug-likeness (QED) is 0.556. The summed E-state index contributed by atoms with van der Waals surface area (Å²) >= 11 is 12.6. The summed E-state index contributed by atoms with van der Waals surface area (Å²) < 4.78 is 24.9. The van der Waals surface area contributed by atoms with Crippen LogP contribution >= 0.6 is 34.5 Å². The molecule has 1 heterocycles. The Bertz CT molecular complexity index is 1140. The molecule has 29 heavy (non-hydrogen) atoms. The molecule has 150 valence electrons. The third-order valence-electron chi connectivity index (χ3n) is 3.67. The minimum atomic E-state index is -3.63. The first-order valence-electron chi connectivity index (χ1n) is 8.03. The van der Waals surface area contributed by atoms with Crippen LogP contribution in [0.1, 0.15) is 25.9 Å². The van der Waals surface area contributed by atoms with Crippen molar-refractivity contribution in [1.82, 2.24) is 15.8 Å². The molecule has 0 spiro atoms. The highest BCUT2D eigenvalue weighted by Crippen LogP contribution is 2.21. The highest BCUT2D eigenvalue weighted by atomic mass is 35.5. The summed E-state index contributed by atoms with van der Waals surface area (Å²) in [7, 11) is -3.63. The van der Waals surface area contributed by atoms with E-state index in [0.29, 0.717) is 15.6 Å². The van der Waals surface area contributed by atoms with Crippen molar-refractivity contribution in [3.05, 3.63) is 80.2 Å². The molecule has 1 aromatic heterocycles. The number of thiazole rings is 1. The van der Waals surface area contributed by atoms with Gasteiger partial charge in [0.2, 0.25) is 0 Å². The molecule has 0 saturated heterocycles. The van der Waals surface area contributed by atoms with Crippen LogP contribution in [0.4, 0.5) is 0 Å². The van der Waals surface area contributed by atoms with Gasteiger partial charge in [-0.25, -0.2) is 13.4 Å². The first-order valence-corrected chi connectivity index (χ1v) is 11.3.